The number of hydrogen-bond donors (Lipinski definition) is 0. The van der Waals surface area contributed by atoms with Crippen molar-refractivity contribution in [1.29, 1.82) is 0 Å². The Balaban J connectivity index is -0.0000000200. The van der Waals surface area contributed by atoms with Gasteiger partial charge in [-0.05, 0) is 0 Å². The van der Waals surface area contributed by atoms with Crippen molar-refractivity contribution in [3.05, 3.63) is 25.7 Å². The monoisotopic (exact) mass is 237 g/mol. The SMILES string of the molecule is C=C[CH2-].[Hf].[NH2-]. The number of rotatable bonds is 0. The minimum absolute atomic E-state index is 0. The van der Waals surface area contributed by atoms with E-state index in [4.69, 9.17) is 0 Å². The summed E-state index contributed by atoms with van der Waals surface area (Å²) in [4.78, 5) is 0. The zero-order chi connectivity index (χ0) is 2.71. The first kappa shape index (κ1) is 18.0. The van der Waals surface area contributed by atoms with Gasteiger partial charge in [0.1, 0.15) is 0 Å². The quantitative estimate of drug-likeness (QED) is 0.453. The van der Waals surface area contributed by atoms with Crippen molar-refractivity contribution < 1.29 is 25.8 Å². The van der Waals surface area contributed by atoms with E-state index < -0.39 is 0 Å². The minimum Gasteiger partial charge on any atom is -0.693 e. The molecule has 0 atom stereocenters. The van der Waals surface area contributed by atoms with Crippen LogP contribution in [0, 0.1) is 6.92 Å². The third-order valence-corrected chi connectivity index (χ3v) is 0. The average molecular weight is 236 g/mol. The molecule has 0 heterocycles. The van der Waals surface area contributed by atoms with E-state index in [1.807, 2.05) is 0 Å². The Labute approximate surface area is 51.8 Å². The van der Waals surface area contributed by atoms with E-state index in [9.17, 15) is 0 Å². The summed E-state index contributed by atoms with van der Waals surface area (Å²) in [5.74, 6) is 0. The predicted molar refractivity (Wildman–Crippen MR) is 20.8 cm³/mol. The van der Waals surface area contributed by atoms with Crippen molar-refractivity contribution in [2.24, 2.45) is 0 Å². The van der Waals surface area contributed by atoms with Gasteiger partial charge in [0.25, 0.3) is 0 Å². The average Bonchev–Trinajstić information content (AvgIpc) is 0.918. The van der Waals surface area contributed by atoms with Gasteiger partial charge in [-0.2, -0.15) is 0 Å². The van der Waals surface area contributed by atoms with Gasteiger partial charge in [-0.3, -0.25) is 0 Å². The van der Waals surface area contributed by atoms with Crippen LogP contribution in [0.1, 0.15) is 0 Å². The van der Waals surface area contributed by atoms with Gasteiger partial charge in [0, 0.05) is 25.8 Å². The Morgan fingerprint density at radius 2 is 1.60 bits per heavy atom. The third-order valence-electron chi connectivity index (χ3n) is 0. The molecule has 0 saturated carbocycles. The molecular formula is C3H7HfN-2. The summed E-state index contributed by atoms with van der Waals surface area (Å²) in [6.45, 7) is 6.50. The second kappa shape index (κ2) is 25.3. The summed E-state index contributed by atoms with van der Waals surface area (Å²) in [6, 6.07) is 0. The molecule has 0 amide bonds. The number of allylic oxidation sites excluding steroid dienone is 1. The van der Waals surface area contributed by atoms with E-state index in [0.717, 1.165) is 0 Å². The van der Waals surface area contributed by atoms with Crippen molar-refractivity contribution in [2.45, 2.75) is 0 Å². The van der Waals surface area contributed by atoms with E-state index >= 15 is 0 Å². The van der Waals surface area contributed by atoms with Crippen molar-refractivity contribution in [2.75, 3.05) is 0 Å². The van der Waals surface area contributed by atoms with Gasteiger partial charge in [0.15, 0.2) is 0 Å². The number of nitrogens with two attached hydrogens (primary N) is 1. The molecule has 2 heteroatoms. The van der Waals surface area contributed by atoms with Gasteiger partial charge in [-0.15, -0.1) is 0 Å². The topological polar surface area (TPSA) is 33.5 Å². The Bertz CT molecular complexity index is 14.4. The molecule has 0 unspecified atom stereocenters. The first-order chi connectivity index (χ1) is 1.41. The standard InChI is InChI=1S/C3H5.Hf.H2N/c1-3-2;;/h3H,1-2H2;;1H2/q-1;;-1. The second-order valence-corrected chi connectivity index (χ2v) is 0.289. The molecule has 0 rings (SSSR count). The van der Waals surface area contributed by atoms with Crippen LogP contribution in [-0.2, 0) is 25.8 Å². The molecule has 0 aromatic rings. The largest absolute Gasteiger partial charge is 0.693 e. The molecule has 30 valence electrons. The van der Waals surface area contributed by atoms with E-state index in [1.54, 1.807) is 0 Å². The van der Waals surface area contributed by atoms with Gasteiger partial charge in [-0.25, -0.2) is 19.6 Å². The molecule has 0 bridgehead atoms. The van der Waals surface area contributed by atoms with Crippen LogP contribution in [0.2, 0.25) is 0 Å². The Kier molecular flexibility index (Phi) is 91.3. The van der Waals surface area contributed by atoms with E-state index in [2.05, 4.69) is 13.5 Å². The van der Waals surface area contributed by atoms with Gasteiger partial charge in [0.05, 0.1) is 0 Å². The van der Waals surface area contributed by atoms with Crippen LogP contribution in [0.25, 0.3) is 6.15 Å². The van der Waals surface area contributed by atoms with Crippen molar-refractivity contribution in [1.82, 2.24) is 0 Å². The fourth-order valence-electron chi connectivity index (χ4n) is 0. The fourth-order valence-corrected chi connectivity index (χ4v) is 0. The minimum atomic E-state index is 0. The molecule has 0 spiro atoms. The van der Waals surface area contributed by atoms with Gasteiger partial charge < -0.3 is 6.15 Å². The summed E-state index contributed by atoms with van der Waals surface area (Å²) in [5, 5.41) is 0. The van der Waals surface area contributed by atoms with Crippen LogP contribution >= 0.6 is 0 Å². The first-order valence-electron chi connectivity index (χ1n) is 0.816. The summed E-state index contributed by atoms with van der Waals surface area (Å²) < 4.78 is 0. The van der Waals surface area contributed by atoms with E-state index in [-0.39, 0.29) is 32.0 Å². The Morgan fingerprint density at radius 1 is 1.60 bits per heavy atom. The van der Waals surface area contributed by atoms with E-state index in [1.165, 1.54) is 6.08 Å². The Hall–Kier alpha value is 0.440. The molecule has 5 heavy (non-hydrogen) atoms. The van der Waals surface area contributed by atoms with Crippen LogP contribution < -0.4 is 0 Å². The van der Waals surface area contributed by atoms with Crippen molar-refractivity contribution in [3.8, 4) is 0 Å². The maximum absolute atomic E-state index is 3.25. The van der Waals surface area contributed by atoms with Gasteiger partial charge >= 0.3 is 0 Å². The first-order valence-corrected chi connectivity index (χ1v) is 0.816. The van der Waals surface area contributed by atoms with Crippen LogP contribution in [0.5, 0.6) is 0 Å². The number of hydrogen-bond acceptors (Lipinski definition) is 0. The Morgan fingerprint density at radius 3 is 1.60 bits per heavy atom. The van der Waals surface area contributed by atoms with Gasteiger partial charge in [-0.1, -0.05) is 0 Å². The molecule has 0 saturated heterocycles. The molecule has 0 radical (unpaired) electrons. The predicted octanol–water partition coefficient (Wildman–Crippen LogP) is 1.72. The molecule has 0 aromatic carbocycles. The molecule has 1 nitrogen and oxygen atoms in total. The summed E-state index contributed by atoms with van der Waals surface area (Å²) >= 11 is 0. The molecule has 0 fully saturated rings. The summed E-state index contributed by atoms with van der Waals surface area (Å²) in [5.41, 5.74) is 0. The van der Waals surface area contributed by atoms with Crippen molar-refractivity contribution >= 4 is 0 Å². The molecule has 0 aliphatic heterocycles. The molecule has 0 aromatic heterocycles. The summed E-state index contributed by atoms with van der Waals surface area (Å²) in [7, 11) is 0. The zero-order valence-electron chi connectivity index (χ0n) is 3.07. The molecule has 2 N–H and O–H groups in total. The fraction of sp³-hybridized carbons (Fsp3) is 0. The maximum Gasteiger partial charge on any atom is 0 e. The molecule has 0 aliphatic rings. The van der Waals surface area contributed by atoms with E-state index in [0.29, 0.717) is 0 Å². The van der Waals surface area contributed by atoms with Crippen LogP contribution in [0.3, 0.4) is 0 Å². The maximum atomic E-state index is 3.25. The molecule has 0 aliphatic carbocycles. The van der Waals surface area contributed by atoms with Gasteiger partial charge in [0.2, 0.25) is 0 Å². The third kappa shape index (κ3) is 136. The smallest absolute Gasteiger partial charge is 0 e. The van der Waals surface area contributed by atoms with Crippen molar-refractivity contribution in [3.63, 3.8) is 0 Å². The van der Waals surface area contributed by atoms with Crippen LogP contribution in [0.4, 0.5) is 0 Å². The van der Waals surface area contributed by atoms with Crippen LogP contribution in [0.15, 0.2) is 12.7 Å². The molecular weight excluding hydrogens is 229 g/mol. The zero-order valence-corrected chi connectivity index (χ0v) is 6.66. The summed E-state index contributed by atoms with van der Waals surface area (Å²) in [6.07, 6.45) is 1.50. The normalized spacial score (nSPS) is 2.40. The van der Waals surface area contributed by atoms with Crippen LogP contribution in [-0.4, -0.2) is 0 Å². The second-order valence-electron chi connectivity index (χ2n) is 0.289.